The molecule has 1 aliphatic rings. The monoisotopic (exact) mass is 496 g/mol. The molecule has 4 rings (SSSR count). The number of thiazole rings is 1. The van der Waals surface area contributed by atoms with Crippen molar-refractivity contribution in [1.82, 2.24) is 10.3 Å². The van der Waals surface area contributed by atoms with Crippen LogP contribution in [0.2, 0.25) is 0 Å². The maximum absolute atomic E-state index is 12.8. The van der Waals surface area contributed by atoms with Crippen molar-refractivity contribution in [2.45, 2.75) is 92.6 Å². The molecule has 192 valence electrons. The minimum atomic E-state index is -0.951. The van der Waals surface area contributed by atoms with Crippen molar-refractivity contribution in [3.8, 4) is 10.4 Å². The van der Waals surface area contributed by atoms with E-state index in [4.69, 9.17) is 4.98 Å². The molecule has 1 heterocycles. The predicted molar refractivity (Wildman–Crippen MR) is 151 cm³/mol. The van der Waals surface area contributed by atoms with Gasteiger partial charge in [-0.2, -0.15) is 0 Å². The fourth-order valence-electron chi connectivity index (χ4n) is 4.48. The zero-order valence-electron chi connectivity index (χ0n) is 22.7. The van der Waals surface area contributed by atoms with Crippen LogP contribution in [0.4, 0.5) is 0 Å². The second-order valence-electron chi connectivity index (χ2n) is 9.47. The molecule has 1 aromatic heterocycles. The van der Waals surface area contributed by atoms with E-state index in [1.807, 2.05) is 27.7 Å². The SMILES string of the molecule is CC.CC.Cc1ccc(-c2sc(C(=O)NCC(C)(C)O)nc2CC2CCCCC2)c2ccccc12. The van der Waals surface area contributed by atoms with Crippen molar-refractivity contribution < 1.29 is 9.90 Å². The Hall–Kier alpha value is -2.24. The Morgan fingerprint density at radius 1 is 1.03 bits per heavy atom. The minimum Gasteiger partial charge on any atom is -0.389 e. The number of amides is 1. The lowest BCUT2D eigenvalue weighted by molar-refractivity contribution is 0.0694. The zero-order chi connectivity index (χ0) is 26.0. The molecule has 1 saturated carbocycles. The van der Waals surface area contributed by atoms with E-state index in [0.717, 1.165) is 22.6 Å². The van der Waals surface area contributed by atoms with Crippen molar-refractivity contribution in [2.75, 3.05) is 6.54 Å². The van der Waals surface area contributed by atoms with E-state index in [2.05, 4.69) is 48.6 Å². The highest BCUT2D eigenvalue weighted by atomic mass is 32.1. The summed E-state index contributed by atoms with van der Waals surface area (Å²) in [7, 11) is 0. The Morgan fingerprint density at radius 2 is 1.66 bits per heavy atom. The Morgan fingerprint density at radius 3 is 2.29 bits per heavy atom. The van der Waals surface area contributed by atoms with E-state index in [-0.39, 0.29) is 12.5 Å². The first-order chi connectivity index (χ1) is 16.8. The largest absolute Gasteiger partial charge is 0.389 e. The Kier molecular flexibility index (Phi) is 11.4. The highest BCUT2D eigenvalue weighted by Gasteiger charge is 2.24. The van der Waals surface area contributed by atoms with Gasteiger partial charge in [0.05, 0.1) is 16.2 Å². The summed E-state index contributed by atoms with van der Waals surface area (Å²) in [5, 5.41) is 15.7. The van der Waals surface area contributed by atoms with Crippen LogP contribution in [0.5, 0.6) is 0 Å². The number of hydrogen-bond donors (Lipinski definition) is 2. The second-order valence-corrected chi connectivity index (χ2v) is 10.5. The number of hydrogen-bond acceptors (Lipinski definition) is 4. The van der Waals surface area contributed by atoms with Crippen LogP contribution in [0.3, 0.4) is 0 Å². The third kappa shape index (κ3) is 7.88. The maximum atomic E-state index is 12.8. The molecule has 3 aromatic rings. The number of aromatic nitrogens is 1. The van der Waals surface area contributed by atoms with E-state index in [9.17, 15) is 9.90 Å². The number of nitrogens with one attached hydrogen (secondary N) is 1. The number of benzene rings is 2. The molecule has 1 amide bonds. The summed E-state index contributed by atoms with van der Waals surface area (Å²) in [5.74, 6) is 0.429. The number of rotatable bonds is 6. The Bertz CT molecular complexity index is 1080. The number of aryl methyl sites for hydroxylation is 1. The van der Waals surface area contributed by atoms with Gasteiger partial charge in [0.25, 0.3) is 5.91 Å². The van der Waals surface area contributed by atoms with Gasteiger partial charge >= 0.3 is 0 Å². The topological polar surface area (TPSA) is 62.2 Å². The van der Waals surface area contributed by atoms with Crippen molar-refractivity contribution in [2.24, 2.45) is 5.92 Å². The van der Waals surface area contributed by atoms with Crippen LogP contribution in [0.15, 0.2) is 36.4 Å². The first-order valence-corrected chi connectivity index (χ1v) is 14.1. The lowest BCUT2D eigenvalue weighted by Crippen LogP contribution is -2.38. The normalized spacial score (nSPS) is 13.9. The zero-order valence-corrected chi connectivity index (χ0v) is 23.5. The van der Waals surface area contributed by atoms with Crippen LogP contribution in [-0.4, -0.2) is 28.1 Å². The van der Waals surface area contributed by atoms with Crippen LogP contribution in [-0.2, 0) is 6.42 Å². The highest BCUT2D eigenvalue weighted by Crippen LogP contribution is 2.39. The highest BCUT2D eigenvalue weighted by molar-refractivity contribution is 7.17. The summed E-state index contributed by atoms with van der Waals surface area (Å²) in [6, 6.07) is 12.8. The minimum absolute atomic E-state index is 0.201. The summed E-state index contributed by atoms with van der Waals surface area (Å²) in [5.41, 5.74) is 2.50. The van der Waals surface area contributed by atoms with E-state index in [0.29, 0.717) is 10.9 Å². The molecule has 0 unspecified atom stereocenters. The molecule has 35 heavy (non-hydrogen) atoms. The number of carbonyl (C=O) groups excluding carboxylic acids is 1. The van der Waals surface area contributed by atoms with Gasteiger partial charge in [-0.15, -0.1) is 11.3 Å². The Labute approximate surface area is 216 Å². The fourth-order valence-corrected chi connectivity index (χ4v) is 5.53. The number of aliphatic hydroxyl groups is 1. The average Bonchev–Trinajstić information content (AvgIpc) is 3.29. The van der Waals surface area contributed by atoms with Crippen LogP contribution in [0.25, 0.3) is 21.2 Å². The molecular formula is C30H44N2O2S. The van der Waals surface area contributed by atoms with Gasteiger partial charge in [-0.05, 0) is 49.4 Å². The molecule has 0 radical (unpaired) electrons. The first kappa shape index (κ1) is 29.0. The molecule has 1 aliphatic carbocycles. The molecule has 2 aromatic carbocycles. The summed E-state index contributed by atoms with van der Waals surface area (Å²) < 4.78 is 0. The molecule has 1 fully saturated rings. The molecule has 0 bridgehead atoms. The van der Waals surface area contributed by atoms with Gasteiger partial charge in [-0.25, -0.2) is 4.98 Å². The van der Waals surface area contributed by atoms with Crippen LogP contribution < -0.4 is 5.32 Å². The number of fused-ring (bicyclic) bond motifs is 1. The average molecular weight is 497 g/mol. The first-order valence-electron chi connectivity index (χ1n) is 13.3. The van der Waals surface area contributed by atoms with Crippen molar-refractivity contribution in [3.05, 3.63) is 52.7 Å². The van der Waals surface area contributed by atoms with Crippen molar-refractivity contribution in [3.63, 3.8) is 0 Å². The molecular weight excluding hydrogens is 452 g/mol. The lowest BCUT2D eigenvalue weighted by atomic mass is 9.85. The third-order valence-corrected chi connectivity index (χ3v) is 7.30. The summed E-state index contributed by atoms with van der Waals surface area (Å²) in [6.45, 7) is 13.7. The summed E-state index contributed by atoms with van der Waals surface area (Å²) >= 11 is 1.48. The molecule has 5 heteroatoms. The quantitative estimate of drug-likeness (QED) is 0.364. The van der Waals surface area contributed by atoms with E-state index in [1.165, 1.54) is 59.8 Å². The Balaban J connectivity index is 0.00000103. The standard InChI is InChI=1S/C26H32N2O2S.2C2H6/c1-17-13-14-21(20-12-8-7-11-19(17)20)23-22(15-18-9-5-4-6-10-18)28-25(31-23)24(29)27-16-26(2,3)30;2*1-2/h7-8,11-14,18,30H,4-6,9-10,15-16H2,1-3H3,(H,27,29);2*1-2H3. The summed E-state index contributed by atoms with van der Waals surface area (Å²) in [6.07, 6.45) is 7.31. The van der Waals surface area contributed by atoms with Gasteiger partial charge in [0, 0.05) is 12.1 Å². The maximum Gasteiger partial charge on any atom is 0.280 e. The number of nitrogens with zero attached hydrogens (tertiary/aromatic N) is 1. The van der Waals surface area contributed by atoms with Gasteiger partial charge in [0.1, 0.15) is 0 Å². The molecule has 0 saturated heterocycles. The smallest absolute Gasteiger partial charge is 0.280 e. The molecule has 0 spiro atoms. The summed E-state index contributed by atoms with van der Waals surface area (Å²) in [4.78, 5) is 18.8. The predicted octanol–water partition coefficient (Wildman–Crippen LogP) is 7.95. The van der Waals surface area contributed by atoms with Crippen molar-refractivity contribution in [1.29, 1.82) is 0 Å². The molecule has 2 N–H and O–H groups in total. The number of carbonyl (C=O) groups is 1. The van der Waals surface area contributed by atoms with Crippen LogP contribution >= 0.6 is 11.3 Å². The fraction of sp³-hybridized carbons (Fsp3) is 0.533. The van der Waals surface area contributed by atoms with Crippen LogP contribution in [0.1, 0.15) is 94.7 Å². The van der Waals surface area contributed by atoms with Gasteiger partial charge in [-0.3, -0.25) is 4.79 Å². The molecule has 4 nitrogen and oxygen atoms in total. The van der Waals surface area contributed by atoms with Gasteiger partial charge < -0.3 is 10.4 Å². The van der Waals surface area contributed by atoms with Crippen LogP contribution in [0, 0.1) is 12.8 Å². The van der Waals surface area contributed by atoms with E-state index in [1.54, 1.807) is 13.8 Å². The molecule has 0 aliphatic heterocycles. The van der Waals surface area contributed by atoms with Crippen molar-refractivity contribution >= 4 is 28.0 Å². The third-order valence-electron chi connectivity index (χ3n) is 6.17. The van der Waals surface area contributed by atoms with Gasteiger partial charge in [0.15, 0.2) is 5.01 Å². The lowest BCUT2D eigenvalue weighted by Gasteiger charge is -2.21. The second kappa shape index (κ2) is 13.7. The van der Waals surface area contributed by atoms with E-state index >= 15 is 0 Å². The van der Waals surface area contributed by atoms with Gasteiger partial charge in [0.2, 0.25) is 0 Å². The molecule has 0 atom stereocenters. The van der Waals surface area contributed by atoms with Gasteiger partial charge in [-0.1, -0.05) is 96.2 Å². The van der Waals surface area contributed by atoms with E-state index < -0.39 is 5.60 Å².